The van der Waals surface area contributed by atoms with Gasteiger partial charge in [-0.05, 0) is 65.8 Å². The maximum atomic E-state index is 14.1. The first kappa shape index (κ1) is 29.8. The number of nitrogens with one attached hydrogen (secondary N) is 1. The molecular weight excluding hydrogens is 515 g/mol. The largest absolute Gasteiger partial charge is 0.462 e. The molecule has 6 heteroatoms. The molecule has 0 radical (unpaired) electrons. The topological polar surface area (TPSA) is 60.3 Å². The zero-order valence-corrected chi connectivity index (χ0v) is 23.2. The van der Waals surface area contributed by atoms with E-state index in [1.165, 1.54) is 12.1 Å². The van der Waals surface area contributed by atoms with Gasteiger partial charge in [0, 0.05) is 36.3 Å². The van der Waals surface area contributed by atoms with E-state index in [-0.39, 0.29) is 43.1 Å². The fraction of sp³-hybridized carbons (Fsp3) is 0.314. The van der Waals surface area contributed by atoms with Crippen molar-refractivity contribution in [3.63, 3.8) is 0 Å². The van der Waals surface area contributed by atoms with Crippen LogP contribution in [-0.4, -0.2) is 22.5 Å². The van der Waals surface area contributed by atoms with Crippen LogP contribution in [0.4, 0.5) is 10.1 Å². The van der Waals surface area contributed by atoms with Gasteiger partial charge in [-0.15, -0.1) is 0 Å². The lowest BCUT2D eigenvalue weighted by atomic mass is 9.94. The molecule has 41 heavy (non-hydrogen) atoms. The highest BCUT2D eigenvalue weighted by Crippen LogP contribution is 2.43. The lowest BCUT2D eigenvalue weighted by Crippen LogP contribution is -2.29. The van der Waals surface area contributed by atoms with Gasteiger partial charge in [-0.3, -0.25) is 9.59 Å². The molecule has 1 aliphatic heterocycles. The highest BCUT2D eigenvalue weighted by Gasteiger charge is 2.32. The van der Waals surface area contributed by atoms with Gasteiger partial charge in [0.25, 0.3) is 5.91 Å². The Morgan fingerprint density at radius 1 is 0.976 bits per heavy atom. The van der Waals surface area contributed by atoms with Gasteiger partial charge in [0.05, 0.1) is 11.3 Å². The molecule has 1 saturated heterocycles. The lowest BCUT2D eigenvalue weighted by molar-refractivity contribution is -0.156. The quantitative estimate of drug-likeness (QED) is 0.222. The van der Waals surface area contributed by atoms with Crippen LogP contribution in [0.5, 0.6) is 0 Å². The number of anilines is 1. The Morgan fingerprint density at radius 3 is 2.22 bits per heavy atom. The van der Waals surface area contributed by atoms with Crippen molar-refractivity contribution < 1.29 is 18.7 Å². The number of benzene rings is 3. The SMILES string of the molecule is C.CC(C)c1c(C(=O)Nc2ccccc2)c(-c2ccccc2)c(-c2ccc(F)cc2)n1CC[C@@H]1C[C@@H](C)CC(=O)O1. The molecule has 5 nitrogen and oxygen atoms in total. The summed E-state index contributed by atoms with van der Waals surface area (Å²) in [6.07, 6.45) is 1.68. The number of cyclic esters (lactones) is 1. The second-order valence-electron chi connectivity index (χ2n) is 10.9. The minimum absolute atomic E-state index is 0. The number of para-hydroxylation sites is 1. The van der Waals surface area contributed by atoms with Crippen LogP contribution in [0.1, 0.15) is 69.4 Å². The Labute approximate surface area is 242 Å². The molecule has 3 aromatic carbocycles. The molecule has 0 spiro atoms. The maximum Gasteiger partial charge on any atom is 0.306 e. The molecular formula is C35H39FN2O3. The van der Waals surface area contributed by atoms with Crippen LogP contribution in [0.15, 0.2) is 84.9 Å². The van der Waals surface area contributed by atoms with Gasteiger partial charge in [0.2, 0.25) is 0 Å². The molecule has 1 aliphatic rings. The van der Waals surface area contributed by atoms with E-state index in [2.05, 4.69) is 30.7 Å². The van der Waals surface area contributed by atoms with Gasteiger partial charge < -0.3 is 14.6 Å². The summed E-state index contributed by atoms with van der Waals surface area (Å²) in [6, 6.07) is 25.7. The van der Waals surface area contributed by atoms with E-state index in [0.717, 1.165) is 34.5 Å². The van der Waals surface area contributed by atoms with E-state index >= 15 is 0 Å². The number of nitrogens with zero attached hydrogens (tertiary/aromatic N) is 1. The molecule has 0 bridgehead atoms. The highest BCUT2D eigenvalue weighted by molar-refractivity contribution is 6.12. The fourth-order valence-electron chi connectivity index (χ4n) is 5.76. The van der Waals surface area contributed by atoms with Crippen molar-refractivity contribution in [3.8, 4) is 22.4 Å². The number of carbonyl (C=O) groups excluding carboxylic acids is 2. The Morgan fingerprint density at radius 2 is 1.61 bits per heavy atom. The summed E-state index contributed by atoms with van der Waals surface area (Å²) in [4.78, 5) is 26.3. The molecule has 1 aromatic heterocycles. The van der Waals surface area contributed by atoms with Gasteiger partial charge in [-0.2, -0.15) is 0 Å². The van der Waals surface area contributed by atoms with E-state index in [4.69, 9.17) is 4.74 Å². The van der Waals surface area contributed by atoms with Crippen molar-refractivity contribution >= 4 is 17.6 Å². The van der Waals surface area contributed by atoms with Crippen LogP contribution in [0.25, 0.3) is 22.4 Å². The number of rotatable bonds is 8. The molecule has 5 rings (SSSR count). The van der Waals surface area contributed by atoms with Crippen molar-refractivity contribution in [2.24, 2.45) is 5.92 Å². The molecule has 214 valence electrons. The Bertz CT molecular complexity index is 1480. The van der Waals surface area contributed by atoms with E-state index < -0.39 is 0 Å². The number of ether oxygens (including phenoxy) is 1. The molecule has 1 amide bonds. The number of aromatic nitrogens is 1. The predicted octanol–water partition coefficient (Wildman–Crippen LogP) is 8.70. The van der Waals surface area contributed by atoms with Gasteiger partial charge >= 0.3 is 5.97 Å². The molecule has 0 aliphatic carbocycles. The molecule has 2 atom stereocenters. The number of hydrogen-bond donors (Lipinski definition) is 1. The maximum absolute atomic E-state index is 14.1. The molecule has 1 fully saturated rings. The Hall–Kier alpha value is -4.19. The van der Waals surface area contributed by atoms with Gasteiger partial charge in [0.15, 0.2) is 0 Å². The third-order valence-corrected chi connectivity index (χ3v) is 7.44. The zero-order valence-electron chi connectivity index (χ0n) is 23.2. The average Bonchev–Trinajstić information content (AvgIpc) is 3.28. The fourth-order valence-corrected chi connectivity index (χ4v) is 5.76. The highest BCUT2D eigenvalue weighted by atomic mass is 19.1. The van der Waals surface area contributed by atoms with E-state index in [1.807, 2.05) is 60.7 Å². The van der Waals surface area contributed by atoms with E-state index in [1.54, 1.807) is 12.1 Å². The van der Waals surface area contributed by atoms with Crippen molar-refractivity contribution in [1.82, 2.24) is 4.57 Å². The summed E-state index contributed by atoms with van der Waals surface area (Å²) in [5, 5.41) is 3.10. The number of esters is 1. The summed E-state index contributed by atoms with van der Waals surface area (Å²) in [6.45, 7) is 6.78. The Kier molecular flexibility index (Phi) is 9.43. The number of amides is 1. The van der Waals surface area contributed by atoms with Crippen molar-refractivity contribution in [2.75, 3.05) is 5.32 Å². The van der Waals surface area contributed by atoms with Crippen LogP contribution < -0.4 is 5.32 Å². The van der Waals surface area contributed by atoms with Crippen molar-refractivity contribution in [2.45, 2.75) is 66.0 Å². The second kappa shape index (κ2) is 13.0. The first-order valence-corrected chi connectivity index (χ1v) is 14.0. The third kappa shape index (κ3) is 6.59. The zero-order chi connectivity index (χ0) is 28.2. The van der Waals surface area contributed by atoms with Crippen molar-refractivity contribution in [1.29, 1.82) is 0 Å². The molecule has 4 aromatic rings. The number of hydrogen-bond acceptors (Lipinski definition) is 3. The normalized spacial score (nSPS) is 16.7. The summed E-state index contributed by atoms with van der Waals surface area (Å²) in [7, 11) is 0. The first-order chi connectivity index (χ1) is 19.3. The standard InChI is InChI=1S/C34H35FN2O3.CH4/c1-22(2)32-31(34(39)36-27-12-8-5-9-13-27)30(24-10-6-4-7-11-24)33(25-14-16-26(35)17-15-25)37(32)19-18-28-20-23(3)21-29(38)40-28;/h4-17,22-23,28H,18-21H2,1-3H3,(H,36,39);1H4/t23-,28-;/m1./s1. The summed E-state index contributed by atoms with van der Waals surface area (Å²) < 4.78 is 21.9. The molecule has 0 saturated carbocycles. The minimum Gasteiger partial charge on any atom is -0.462 e. The molecule has 1 N–H and O–H groups in total. The van der Waals surface area contributed by atoms with Crippen LogP contribution in [0.3, 0.4) is 0 Å². The molecule has 0 unspecified atom stereocenters. The number of halogens is 1. The van der Waals surface area contributed by atoms with Gasteiger partial charge in [-0.25, -0.2) is 4.39 Å². The van der Waals surface area contributed by atoms with E-state index in [9.17, 15) is 14.0 Å². The van der Waals surface area contributed by atoms with Gasteiger partial charge in [-0.1, -0.05) is 76.7 Å². The minimum atomic E-state index is -0.322. The number of carbonyl (C=O) groups is 2. The predicted molar refractivity (Wildman–Crippen MR) is 163 cm³/mol. The summed E-state index contributed by atoms with van der Waals surface area (Å²) in [5.41, 5.74) is 5.57. The monoisotopic (exact) mass is 554 g/mol. The van der Waals surface area contributed by atoms with Gasteiger partial charge in [0.1, 0.15) is 11.9 Å². The van der Waals surface area contributed by atoms with Crippen LogP contribution in [-0.2, 0) is 16.1 Å². The lowest BCUT2D eigenvalue weighted by Gasteiger charge is -2.27. The van der Waals surface area contributed by atoms with Crippen molar-refractivity contribution in [3.05, 3.63) is 102 Å². The molecule has 2 heterocycles. The smallest absolute Gasteiger partial charge is 0.306 e. The van der Waals surface area contributed by atoms with Crippen LogP contribution in [0, 0.1) is 11.7 Å². The summed E-state index contributed by atoms with van der Waals surface area (Å²) >= 11 is 0. The first-order valence-electron chi connectivity index (χ1n) is 14.0. The average molecular weight is 555 g/mol. The summed E-state index contributed by atoms with van der Waals surface area (Å²) in [5.74, 6) is -0.414. The third-order valence-electron chi connectivity index (χ3n) is 7.44. The Balaban J connectivity index is 0.00000387. The van der Waals surface area contributed by atoms with Crippen LogP contribution >= 0.6 is 0 Å². The van der Waals surface area contributed by atoms with Crippen LogP contribution in [0.2, 0.25) is 0 Å². The second-order valence-corrected chi connectivity index (χ2v) is 10.9. The van der Waals surface area contributed by atoms with E-state index in [0.29, 0.717) is 30.6 Å².